The molecule has 138 valence electrons. The van der Waals surface area contributed by atoms with Crippen LogP contribution in [-0.2, 0) is 9.53 Å². The van der Waals surface area contributed by atoms with Crippen molar-refractivity contribution >= 4 is 11.6 Å². The van der Waals surface area contributed by atoms with Crippen LogP contribution in [-0.4, -0.2) is 74.3 Å². The molecule has 0 aromatic heterocycles. The summed E-state index contributed by atoms with van der Waals surface area (Å²) < 4.78 is 10.8. The van der Waals surface area contributed by atoms with Crippen LogP contribution < -0.4 is 10.1 Å². The van der Waals surface area contributed by atoms with Crippen molar-refractivity contribution in [2.45, 2.75) is 31.9 Å². The second-order valence-corrected chi connectivity index (χ2v) is 6.96. The molecule has 0 radical (unpaired) electrons. The summed E-state index contributed by atoms with van der Waals surface area (Å²) in [6.45, 7) is 7.46. The Bertz CT molecular complexity index is 556. The van der Waals surface area contributed by atoms with Gasteiger partial charge in [-0.25, -0.2) is 0 Å². The lowest BCUT2D eigenvalue weighted by Crippen LogP contribution is -2.51. The topological polar surface area (TPSA) is 54.0 Å². The summed E-state index contributed by atoms with van der Waals surface area (Å²) in [5.41, 5.74) is 0.808. The summed E-state index contributed by atoms with van der Waals surface area (Å²) in [6, 6.07) is 8.06. The quantitative estimate of drug-likeness (QED) is 0.881. The molecule has 0 aliphatic carbocycles. The first-order valence-electron chi connectivity index (χ1n) is 9.16. The van der Waals surface area contributed by atoms with Crippen LogP contribution in [0.25, 0.3) is 0 Å². The summed E-state index contributed by atoms with van der Waals surface area (Å²) >= 11 is 0. The molecule has 1 aromatic carbocycles. The van der Waals surface area contributed by atoms with Gasteiger partial charge in [0.2, 0.25) is 5.91 Å². The largest absolute Gasteiger partial charge is 0.497 e. The van der Waals surface area contributed by atoms with E-state index in [4.69, 9.17) is 9.47 Å². The number of carbonyl (C=O) groups is 1. The molecule has 25 heavy (non-hydrogen) atoms. The first kappa shape index (κ1) is 18.2. The zero-order chi connectivity index (χ0) is 17.6. The van der Waals surface area contributed by atoms with Gasteiger partial charge in [-0.15, -0.1) is 0 Å². The number of morpholine rings is 1. The second kappa shape index (κ2) is 8.65. The van der Waals surface area contributed by atoms with Crippen molar-refractivity contribution in [2.75, 3.05) is 51.8 Å². The lowest BCUT2D eigenvalue weighted by molar-refractivity contribution is -0.117. The Morgan fingerprint density at radius 3 is 2.60 bits per heavy atom. The van der Waals surface area contributed by atoms with Gasteiger partial charge >= 0.3 is 0 Å². The van der Waals surface area contributed by atoms with E-state index in [1.807, 2.05) is 24.3 Å². The molecule has 0 spiro atoms. The number of nitrogens with one attached hydrogen (secondary N) is 1. The smallest absolute Gasteiger partial charge is 0.238 e. The van der Waals surface area contributed by atoms with Gasteiger partial charge < -0.3 is 14.8 Å². The number of benzene rings is 1. The highest BCUT2D eigenvalue weighted by Gasteiger charge is 2.28. The fourth-order valence-corrected chi connectivity index (χ4v) is 3.70. The first-order chi connectivity index (χ1) is 12.1. The van der Waals surface area contributed by atoms with Gasteiger partial charge in [0.1, 0.15) is 5.75 Å². The van der Waals surface area contributed by atoms with Crippen molar-refractivity contribution in [1.82, 2.24) is 9.80 Å². The summed E-state index contributed by atoms with van der Waals surface area (Å²) in [4.78, 5) is 17.1. The maximum absolute atomic E-state index is 12.3. The monoisotopic (exact) mass is 347 g/mol. The maximum atomic E-state index is 12.3. The number of hydrogen-bond donors (Lipinski definition) is 1. The Morgan fingerprint density at radius 2 is 1.96 bits per heavy atom. The van der Waals surface area contributed by atoms with Crippen LogP contribution in [0.2, 0.25) is 0 Å². The molecule has 1 aromatic rings. The highest BCUT2D eigenvalue weighted by Crippen LogP contribution is 2.19. The maximum Gasteiger partial charge on any atom is 0.238 e. The highest BCUT2D eigenvalue weighted by atomic mass is 16.5. The lowest BCUT2D eigenvalue weighted by Gasteiger charge is -2.41. The molecule has 2 heterocycles. The number of nitrogens with zero attached hydrogens (tertiary/aromatic N) is 2. The summed E-state index contributed by atoms with van der Waals surface area (Å²) in [7, 11) is 1.63. The van der Waals surface area contributed by atoms with Gasteiger partial charge in [0.25, 0.3) is 0 Å². The van der Waals surface area contributed by atoms with E-state index in [0.29, 0.717) is 18.7 Å². The number of hydrogen-bond acceptors (Lipinski definition) is 5. The Kier molecular flexibility index (Phi) is 6.29. The number of rotatable bonds is 5. The molecule has 2 aliphatic rings. The van der Waals surface area contributed by atoms with Crippen LogP contribution in [0.3, 0.4) is 0 Å². The molecule has 0 bridgehead atoms. The molecular weight excluding hydrogens is 318 g/mol. The normalized spacial score (nSPS) is 23.4. The highest BCUT2D eigenvalue weighted by molar-refractivity contribution is 5.92. The molecule has 2 saturated heterocycles. The number of anilines is 1. The van der Waals surface area contributed by atoms with Gasteiger partial charge in [0, 0.05) is 37.9 Å². The lowest BCUT2D eigenvalue weighted by atomic mass is 10.0. The van der Waals surface area contributed by atoms with Crippen molar-refractivity contribution in [2.24, 2.45) is 0 Å². The van der Waals surface area contributed by atoms with Gasteiger partial charge in [-0.1, -0.05) is 0 Å². The average Bonchev–Trinajstić information content (AvgIpc) is 2.63. The molecule has 2 aliphatic heterocycles. The van der Waals surface area contributed by atoms with Crippen LogP contribution >= 0.6 is 0 Å². The van der Waals surface area contributed by atoms with Crippen LogP contribution in [0, 0.1) is 0 Å². The van der Waals surface area contributed by atoms with Crippen LogP contribution in [0.4, 0.5) is 5.69 Å². The van der Waals surface area contributed by atoms with Crippen molar-refractivity contribution in [1.29, 1.82) is 0 Å². The predicted octanol–water partition coefficient (Wildman–Crippen LogP) is 1.82. The Morgan fingerprint density at radius 1 is 1.24 bits per heavy atom. The van der Waals surface area contributed by atoms with E-state index in [0.717, 1.165) is 57.1 Å². The van der Waals surface area contributed by atoms with Gasteiger partial charge in [0.15, 0.2) is 0 Å². The average molecular weight is 347 g/mol. The molecule has 3 rings (SSSR count). The molecule has 6 nitrogen and oxygen atoms in total. The number of amides is 1. The predicted molar refractivity (Wildman–Crippen MR) is 98.1 cm³/mol. The molecular formula is C19H29N3O3. The zero-order valence-corrected chi connectivity index (χ0v) is 15.2. The second-order valence-electron chi connectivity index (χ2n) is 6.96. The third-order valence-electron chi connectivity index (χ3n) is 5.09. The van der Waals surface area contributed by atoms with Gasteiger partial charge in [-0.2, -0.15) is 0 Å². The molecule has 6 heteroatoms. The van der Waals surface area contributed by atoms with E-state index in [2.05, 4.69) is 22.0 Å². The Hall–Kier alpha value is -1.63. The van der Waals surface area contributed by atoms with Crippen LogP contribution in [0.15, 0.2) is 24.3 Å². The van der Waals surface area contributed by atoms with Gasteiger partial charge in [-0.3, -0.25) is 14.6 Å². The van der Waals surface area contributed by atoms with E-state index in [1.54, 1.807) is 7.11 Å². The molecule has 2 fully saturated rings. The number of piperidine rings is 1. The van der Waals surface area contributed by atoms with Crippen LogP contribution in [0.1, 0.15) is 19.8 Å². The van der Waals surface area contributed by atoms with E-state index in [9.17, 15) is 4.79 Å². The number of ether oxygens (including phenoxy) is 2. The van der Waals surface area contributed by atoms with Gasteiger partial charge in [0.05, 0.1) is 26.4 Å². The van der Waals surface area contributed by atoms with E-state index in [-0.39, 0.29) is 5.91 Å². The van der Waals surface area contributed by atoms with E-state index >= 15 is 0 Å². The number of methoxy groups -OCH3 is 1. The van der Waals surface area contributed by atoms with Crippen molar-refractivity contribution in [3.05, 3.63) is 24.3 Å². The molecule has 1 N–H and O–H groups in total. The third kappa shape index (κ3) is 5.17. The summed E-state index contributed by atoms with van der Waals surface area (Å²) in [5.74, 6) is 0.834. The third-order valence-corrected chi connectivity index (χ3v) is 5.09. The minimum Gasteiger partial charge on any atom is -0.497 e. The fourth-order valence-electron chi connectivity index (χ4n) is 3.70. The standard InChI is InChI=1S/C19H29N3O3/c1-15-13-22(11-12-25-15)17-7-9-21(10-8-17)14-19(23)20-16-3-5-18(24-2)6-4-16/h3-6,15,17H,7-14H2,1-2H3,(H,20,23)/t15-/m1/s1. The zero-order valence-electron chi connectivity index (χ0n) is 15.2. The fraction of sp³-hybridized carbons (Fsp3) is 0.632. The molecule has 0 saturated carbocycles. The Labute approximate surface area is 150 Å². The van der Waals surface area contributed by atoms with E-state index in [1.165, 1.54) is 0 Å². The minimum absolute atomic E-state index is 0.0450. The van der Waals surface area contributed by atoms with Gasteiger partial charge in [-0.05, 0) is 44.0 Å². The molecule has 0 unspecified atom stereocenters. The van der Waals surface area contributed by atoms with Crippen molar-refractivity contribution < 1.29 is 14.3 Å². The summed E-state index contributed by atoms with van der Waals surface area (Å²) in [6.07, 6.45) is 2.59. The minimum atomic E-state index is 0.0450. The van der Waals surface area contributed by atoms with Crippen molar-refractivity contribution in [3.63, 3.8) is 0 Å². The van der Waals surface area contributed by atoms with Crippen LogP contribution in [0.5, 0.6) is 5.75 Å². The summed E-state index contributed by atoms with van der Waals surface area (Å²) in [5, 5.41) is 2.96. The van der Waals surface area contributed by atoms with E-state index < -0.39 is 0 Å². The Balaban J connectivity index is 1.41. The SMILES string of the molecule is COc1ccc(NC(=O)CN2CCC(N3CCO[C@H](C)C3)CC2)cc1. The number of carbonyl (C=O) groups excluding carboxylic acids is 1. The first-order valence-corrected chi connectivity index (χ1v) is 9.16. The molecule has 1 atom stereocenters. The number of likely N-dealkylation sites (tertiary alicyclic amines) is 1. The molecule has 1 amide bonds. The van der Waals surface area contributed by atoms with Crippen molar-refractivity contribution in [3.8, 4) is 5.75 Å².